The standard InChI is InChI=1S/C15H14N4O7S/c1-3-26-14(23)11-7(2)16-15(27-11)18-17-12(20)10-6-8(19(24)25)4-5-9(10)13(21)22/h4-6H,3H2,1-2H3,(H,16,18)(H,17,20)(H,21,22). The lowest BCUT2D eigenvalue weighted by atomic mass is 10.1. The smallest absolute Gasteiger partial charge is 0.350 e. The molecule has 0 unspecified atom stereocenters. The number of ether oxygens (including phenoxy) is 1. The molecule has 3 N–H and O–H groups in total. The van der Waals surface area contributed by atoms with Crippen LogP contribution in [0.3, 0.4) is 0 Å². The summed E-state index contributed by atoms with van der Waals surface area (Å²) in [5.74, 6) is -2.88. The predicted octanol–water partition coefficient (Wildman–Crippen LogP) is 1.99. The number of esters is 1. The Morgan fingerprint density at radius 3 is 2.63 bits per heavy atom. The number of amides is 1. The summed E-state index contributed by atoms with van der Waals surface area (Å²) in [5, 5.41) is 20.2. The van der Waals surface area contributed by atoms with Crippen molar-refractivity contribution in [2.75, 3.05) is 12.0 Å². The Hall–Kier alpha value is -3.54. The van der Waals surface area contributed by atoms with Gasteiger partial charge in [-0.1, -0.05) is 11.3 Å². The van der Waals surface area contributed by atoms with Crippen LogP contribution >= 0.6 is 11.3 Å². The second kappa shape index (κ2) is 8.23. The fraction of sp³-hybridized carbons (Fsp3) is 0.200. The zero-order chi connectivity index (χ0) is 20.1. The molecule has 0 aliphatic heterocycles. The van der Waals surface area contributed by atoms with Crippen molar-refractivity contribution in [2.24, 2.45) is 0 Å². The largest absolute Gasteiger partial charge is 0.478 e. The van der Waals surface area contributed by atoms with Gasteiger partial charge in [-0.2, -0.15) is 0 Å². The summed E-state index contributed by atoms with van der Waals surface area (Å²) >= 11 is 0.927. The fourth-order valence-corrected chi connectivity index (χ4v) is 2.85. The second-order valence-corrected chi connectivity index (χ2v) is 6.02. The number of carboxylic acid groups (broad SMARTS) is 1. The number of nitrogens with zero attached hydrogens (tertiary/aromatic N) is 2. The van der Waals surface area contributed by atoms with Crippen molar-refractivity contribution in [3.05, 3.63) is 50.0 Å². The summed E-state index contributed by atoms with van der Waals surface area (Å²) < 4.78 is 4.88. The number of hydrogen-bond acceptors (Lipinski definition) is 9. The highest BCUT2D eigenvalue weighted by atomic mass is 32.1. The summed E-state index contributed by atoms with van der Waals surface area (Å²) in [5.41, 5.74) is 3.82. The molecule has 1 aromatic heterocycles. The van der Waals surface area contributed by atoms with Crippen molar-refractivity contribution >= 4 is 40.0 Å². The molecule has 142 valence electrons. The summed E-state index contributed by atoms with van der Waals surface area (Å²) in [4.78, 5) is 49.7. The maximum Gasteiger partial charge on any atom is 0.350 e. The molecule has 1 amide bonds. The number of carboxylic acids is 1. The van der Waals surface area contributed by atoms with Crippen LogP contribution in [0.2, 0.25) is 0 Å². The number of nitrogens with one attached hydrogen (secondary N) is 2. The Labute approximate surface area is 156 Å². The van der Waals surface area contributed by atoms with Crippen molar-refractivity contribution in [1.29, 1.82) is 0 Å². The van der Waals surface area contributed by atoms with Crippen molar-refractivity contribution in [1.82, 2.24) is 10.4 Å². The van der Waals surface area contributed by atoms with E-state index >= 15 is 0 Å². The van der Waals surface area contributed by atoms with Gasteiger partial charge in [0.25, 0.3) is 11.6 Å². The van der Waals surface area contributed by atoms with Crippen LogP contribution in [0.1, 0.15) is 43.0 Å². The lowest BCUT2D eigenvalue weighted by molar-refractivity contribution is -0.384. The third-order valence-electron chi connectivity index (χ3n) is 3.23. The molecule has 0 atom stereocenters. The van der Waals surface area contributed by atoms with Crippen molar-refractivity contribution in [3.63, 3.8) is 0 Å². The highest BCUT2D eigenvalue weighted by Crippen LogP contribution is 2.23. The van der Waals surface area contributed by atoms with Crippen LogP contribution in [-0.2, 0) is 4.74 Å². The number of benzene rings is 1. The minimum Gasteiger partial charge on any atom is -0.478 e. The molecule has 11 nitrogen and oxygen atoms in total. The molecule has 1 heterocycles. The van der Waals surface area contributed by atoms with E-state index in [1.807, 2.05) is 0 Å². The van der Waals surface area contributed by atoms with Crippen molar-refractivity contribution < 1.29 is 29.2 Å². The van der Waals surface area contributed by atoms with Crippen molar-refractivity contribution in [2.45, 2.75) is 13.8 Å². The average Bonchev–Trinajstić information content (AvgIpc) is 3.00. The molecular weight excluding hydrogens is 380 g/mol. The molecular formula is C15H14N4O7S. The van der Waals surface area contributed by atoms with Gasteiger partial charge < -0.3 is 9.84 Å². The summed E-state index contributed by atoms with van der Waals surface area (Å²) in [7, 11) is 0. The van der Waals surface area contributed by atoms with Crippen LogP contribution in [-0.4, -0.2) is 39.5 Å². The summed E-state index contributed by atoms with van der Waals surface area (Å²) in [6.45, 7) is 3.44. The number of aromatic nitrogens is 1. The van der Waals surface area contributed by atoms with Gasteiger partial charge in [-0.25, -0.2) is 14.6 Å². The summed E-state index contributed by atoms with van der Waals surface area (Å²) in [6.07, 6.45) is 0. The van der Waals surface area contributed by atoms with Gasteiger partial charge in [0, 0.05) is 12.1 Å². The van der Waals surface area contributed by atoms with Gasteiger partial charge in [0.05, 0.1) is 28.4 Å². The molecule has 2 rings (SSSR count). The second-order valence-electron chi connectivity index (χ2n) is 5.03. The van der Waals surface area contributed by atoms with Crippen LogP contribution in [0, 0.1) is 17.0 Å². The lowest BCUT2D eigenvalue weighted by Crippen LogP contribution is -2.30. The monoisotopic (exact) mass is 394 g/mol. The Morgan fingerprint density at radius 1 is 1.33 bits per heavy atom. The van der Waals surface area contributed by atoms with E-state index in [-0.39, 0.29) is 16.6 Å². The van der Waals surface area contributed by atoms with E-state index in [1.54, 1.807) is 13.8 Å². The quantitative estimate of drug-likeness (QED) is 0.362. The molecule has 0 spiro atoms. The normalized spacial score (nSPS) is 10.1. The predicted molar refractivity (Wildman–Crippen MR) is 94.0 cm³/mol. The maximum absolute atomic E-state index is 12.3. The SMILES string of the molecule is CCOC(=O)c1sc(NNC(=O)c2cc([N+](=O)[O-])ccc2C(=O)O)nc1C. The molecule has 12 heteroatoms. The number of hydrazine groups is 1. The van der Waals surface area contributed by atoms with Gasteiger partial charge in [0.15, 0.2) is 0 Å². The number of rotatable bonds is 7. The molecule has 0 bridgehead atoms. The number of aryl methyl sites for hydroxylation is 1. The molecule has 0 aliphatic carbocycles. The number of carbonyl (C=O) groups is 3. The van der Waals surface area contributed by atoms with Gasteiger partial charge >= 0.3 is 11.9 Å². The Balaban J connectivity index is 2.20. The van der Waals surface area contributed by atoms with Crippen LogP contribution in [0.5, 0.6) is 0 Å². The minimum atomic E-state index is -1.41. The topological polar surface area (TPSA) is 161 Å². The zero-order valence-electron chi connectivity index (χ0n) is 14.1. The number of nitro benzene ring substituents is 1. The Kier molecular flexibility index (Phi) is 6.03. The zero-order valence-corrected chi connectivity index (χ0v) is 15.0. The van der Waals surface area contributed by atoms with Gasteiger partial charge in [0.2, 0.25) is 5.13 Å². The first-order valence-corrected chi connectivity index (χ1v) is 8.28. The first-order valence-electron chi connectivity index (χ1n) is 7.47. The number of aromatic carboxylic acids is 1. The van der Waals surface area contributed by atoms with E-state index in [2.05, 4.69) is 15.8 Å². The first-order chi connectivity index (χ1) is 12.7. The van der Waals surface area contributed by atoms with E-state index in [1.165, 1.54) is 0 Å². The minimum absolute atomic E-state index is 0.159. The van der Waals surface area contributed by atoms with E-state index in [0.29, 0.717) is 5.69 Å². The molecule has 2 aromatic rings. The molecule has 0 fully saturated rings. The first kappa shape index (κ1) is 19.8. The number of thiazole rings is 1. The van der Waals surface area contributed by atoms with Gasteiger partial charge in [-0.05, 0) is 19.9 Å². The number of nitro groups is 1. The molecule has 0 aliphatic rings. The van der Waals surface area contributed by atoms with Crippen molar-refractivity contribution in [3.8, 4) is 0 Å². The molecule has 0 radical (unpaired) electrons. The van der Waals surface area contributed by atoms with Gasteiger partial charge in [-0.15, -0.1) is 0 Å². The molecule has 0 saturated heterocycles. The van der Waals surface area contributed by atoms with E-state index in [0.717, 1.165) is 29.5 Å². The van der Waals surface area contributed by atoms with Crippen LogP contribution < -0.4 is 10.9 Å². The third-order valence-corrected chi connectivity index (χ3v) is 4.28. The Morgan fingerprint density at radius 2 is 2.04 bits per heavy atom. The number of hydrogen-bond donors (Lipinski definition) is 3. The van der Waals surface area contributed by atoms with Crippen LogP contribution in [0.25, 0.3) is 0 Å². The highest BCUT2D eigenvalue weighted by molar-refractivity contribution is 7.17. The highest BCUT2D eigenvalue weighted by Gasteiger charge is 2.21. The van der Waals surface area contributed by atoms with E-state index in [4.69, 9.17) is 9.84 Å². The number of non-ortho nitro benzene ring substituents is 1. The molecule has 0 saturated carbocycles. The van der Waals surface area contributed by atoms with Crippen LogP contribution in [0.15, 0.2) is 18.2 Å². The van der Waals surface area contributed by atoms with Crippen LogP contribution in [0.4, 0.5) is 10.8 Å². The molecule has 27 heavy (non-hydrogen) atoms. The van der Waals surface area contributed by atoms with Gasteiger partial charge in [0.1, 0.15) is 4.88 Å². The number of anilines is 1. The maximum atomic E-state index is 12.3. The third kappa shape index (κ3) is 4.55. The molecule has 1 aromatic carbocycles. The van der Waals surface area contributed by atoms with Gasteiger partial charge in [-0.3, -0.25) is 25.8 Å². The Bertz CT molecular complexity index is 925. The lowest BCUT2D eigenvalue weighted by Gasteiger charge is -2.08. The number of carbonyl (C=O) groups excluding carboxylic acids is 2. The summed E-state index contributed by atoms with van der Waals surface area (Å²) in [6, 6.07) is 2.82. The fourth-order valence-electron chi connectivity index (χ4n) is 2.03. The van der Waals surface area contributed by atoms with E-state index in [9.17, 15) is 24.5 Å². The van der Waals surface area contributed by atoms with E-state index < -0.39 is 39.6 Å². The average molecular weight is 394 g/mol.